The second kappa shape index (κ2) is 6.76. The molecule has 2 rings (SSSR count). The summed E-state index contributed by atoms with van der Waals surface area (Å²) in [7, 11) is 0. The monoisotopic (exact) mass is 249 g/mol. The summed E-state index contributed by atoms with van der Waals surface area (Å²) < 4.78 is 11.3. The first-order valence-corrected chi connectivity index (χ1v) is 6.81. The van der Waals surface area contributed by atoms with Gasteiger partial charge in [-0.3, -0.25) is 0 Å². The van der Waals surface area contributed by atoms with Crippen molar-refractivity contribution in [1.82, 2.24) is 5.32 Å². The van der Waals surface area contributed by atoms with Gasteiger partial charge in [0.15, 0.2) is 0 Å². The van der Waals surface area contributed by atoms with Crippen LogP contribution in [0.1, 0.15) is 32.3 Å². The Bertz CT molecular complexity index is 342. The molecule has 1 aliphatic rings. The first-order valence-electron chi connectivity index (χ1n) is 6.81. The first-order chi connectivity index (χ1) is 8.74. The van der Waals surface area contributed by atoms with Crippen molar-refractivity contribution < 1.29 is 9.47 Å². The maximum Gasteiger partial charge on any atom is 0.119 e. The third-order valence-electron chi connectivity index (χ3n) is 3.10. The molecule has 1 saturated heterocycles. The molecule has 1 heterocycles. The molecule has 1 unspecified atom stereocenters. The van der Waals surface area contributed by atoms with Crippen LogP contribution in [-0.2, 0) is 11.3 Å². The van der Waals surface area contributed by atoms with E-state index < -0.39 is 0 Å². The fraction of sp³-hybridized carbons (Fsp3) is 0.600. The molecule has 0 saturated carbocycles. The smallest absolute Gasteiger partial charge is 0.119 e. The lowest BCUT2D eigenvalue weighted by molar-refractivity contribution is 0.0679. The SMILES string of the molecule is CC(C)NCc1ccc(OCC2CCCO2)cc1. The molecule has 1 N–H and O–H groups in total. The number of hydrogen-bond donors (Lipinski definition) is 1. The molecule has 100 valence electrons. The van der Waals surface area contributed by atoms with Crippen molar-refractivity contribution in [2.24, 2.45) is 0 Å². The van der Waals surface area contributed by atoms with E-state index in [0.717, 1.165) is 31.7 Å². The Balaban J connectivity index is 1.76. The summed E-state index contributed by atoms with van der Waals surface area (Å²) >= 11 is 0. The second-order valence-corrected chi connectivity index (χ2v) is 5.13. The zero-order valence-corrected chi connectivity index (χ0v) is 11.3. The van der Waals surface area contributed by atoms with Gasteiger partial charge in [0, 0.05) is 19.2 Å². The highest BCUT2D eigenvalue weighted by molar-refractivity contribution is 5.27. The van der Waals surface area contributed by atoms with Crippen molar-refractivity contribution in [3.8, 4) is 5.75 Å². The minimum Gasteiger partial charge on any atom is -0.491 e. The van der Waals surface area contributed by atoms with Gasteiger partial charge in [-0.2, -0.15) is 0 Å². The summed E-state index contributed by atoms with van der Waals surface area (Å²) in [5, 5.41) is 3.40. The molecule has 18 heavy (non-hydrogen) atoms. The molecule has 0 bridgehead atoms. The van der Waals surface area contributed by atoms with Crippen molar-refractivity contribution in [3.63, 3.8) is 0 Å². The zero-order valence-electron chi connectivity index (χ0n) is 11.3. The molecular weight excluding hydrogens is 226 g/mol. The van der Waals surface area contributed by atoms with E-state index in [1.165, 1.54) is 5.56 Å². The normalized spacial score (nSPS) is 19.4. The van der Waals surface area contributed by atoms with Crippen LogP contribution in [-0.4, -0.2) is 25.4 Å². The van der Waals surface area contributed by atoms with Gasteiger partial charge in [-0.15, -0.1) is 0 Å². The van der Waals surface area contributed by atoms with E-state index in [9.17, 15) is 0 Å². The van der Waals surface area contributed by atoms with Crippen LogP contribution in [0.3, 0.4) is 0 Å². The highest BCUT2D eigenvalue weighted by Gasteiger charge is 2.15. The average molecular weight is 249 g/mol. The quantitative estimate of drug-likeness (QED) is 0.841. The summed E-state index contributed by atoms with van der Waals surface area (Å²) in [5.74, 6) is 0.929. The van der Waals surface area contributed by atoms with Gasteiger partial charge >= 0.3 is 0 Å². The summed E-state index contributed by atoms with van der Waals surface area (Å²) in [6.07, 6.45) is 2.57. The second-order valence-electron chi connectivity index (χ2n) is 5.13. The van der Waals surface area contributed by atoms with Crippen molar-refractivity contribution in [1.29, 1.82) is 0 Å². The highest BCUT2D eigenvalue weighted by Crippen LogP contribution is 2.16. The van der Waals surface area contributed by atoms with Gasteiger partial charge in [-0.1, -0.05) is 26.0 Å². The van der Waals surface area contributed by atoms with Crippen molar-refractivity contribution in [2.45, 2.75) is 45.4 Å². The standard InChI is InChI=1S/C15H23NO2/c1-12(2)16-10-13-5-7-14(8-6-13)18-11-15-4-3-9-17-15/h5-8,12,15-16H,3-4,9-11H2,1-2H3. The van der Waals surface area contributed by atoms with E-state index in [1.807, 2.05) is 12.1 Å². The van der Waals surface area contributed by atoms with Crippen LogP contribution in [0.15, 0.2) is 24.3 Å². The highest BCUT2D eigenvalue weighted by atomic mass is 16.5. The van der Waals surface area contributed by atoms with Crippen molar-refractivity contribution >= 4 is 0 Å². The Morgan fingerprint density at radius 1 is 1.33 bits per heavy atom. The summed E-state index contributed by atoms with van der Waals surface area (Å²) in [5.41, 5.74) is 1.29. The Kier molecular flexibility index (Phi) is 5.02. The lowest BCUT2D eigenvalue weighted by atomic mass is 10.2. The minimum absolute atomic E-state index is 0.285. The minimum atomic E-state index is 0.285. The Hall–Kier alpha value is -1.06. The molecule has 3 nitrogen and oxygen atoms in total. The van der Waals surface area contributed by atoms with Gasteiger partial charge in [0.05, 0.1) is 6.10 Å². The van der Waals surface area contributed by atoms with Crippen LogP contribution in [0.25, 0.3) is 0 Å². The summed E-state index contributed by atoms with van der Waals surface area (Å²) in [4.78, 5) is 0. The Labute approximate surface area is 109 Å². The van der Waals surface area contributed by atoms with E-state index in [-0.39, 0.29) is 6.10 Å². The van der Waals surface area contributed by atoms with Gasteiger partial charge in [0.2, 0.25) is 0 Å². The molecule has 1 aromatic rings. The first kappa shape index (κ1) is 13.4. The van der Waals surface area contributed by atoms with Crippen LogP contribution in [0.5, 0.6) is 5.75 Å². The van der Waals surface area contributed by atoms with Crippen LogP contribution in [0.4, 0.5) is 0 Å². The van der Waals surface area contributed by atoms with E-state index >= 15 is 0 Å². The van der Waals surface area contributed by atoms with E-state index in [4.69, 9.17) is 9.47 Å². The Morgan fingerprint density at radius 2 is 2.11 bits per heavy atom. The third-order valence-corrected chi connectivity index (χ3v) is 3.10. The number of benzene rings is 1. The molecule has 0 spiro atoms. The van der Waals surface area contributed by atoms with Gasteiger partial charge in [-0.25, -0.2) is 0 Å². The molecule has 1 aliphatic heterocycles. The Morgan fingerprint density at radius 3 is 2.72 bits per heavy atom. The number of hydrogen-bond acceptors (Lipinski definition) is 3. The predicted molar refractivity (Wildman–Crippen MR) is 72.9 cm³/mol. The lowest BCUT2D eigenvalue weighted by Gasteiger charge is -2.12. The van der Waals surface area contributed by atoms with Crippen LogP contribution >= 0.6 is 0 Å². The van der Waals surface area contributed by atoms with Gasteiger partial charge in [0.25, 0.3) is 0 Å². The molecule has 0 amide bonds. The number of ether oxygens (including phenoxy) is 2. The lowest BCUT2D eigenvalue weighted by Crippen LogP contribution is -2.21. The van der Waals surface area contributed by atoms with Gasteiger partial charge in [-0.05, 0) is 30.5 Å². The molecule has 1 aromatic carbocycles. The van der Waals surface area contributed by atoms with E-state index in [0.29, 0.717) is 12.6 Å². The summed E-state index contributed by atoms with van der Waals surface area (Å²) in [6.45, 7) is 6.76. The van der Waals surface area contributed by atoms with E-state index in [2.05, 4.69) is 31.3 Å². The maximum atomic E-state index is 5.73. The molecule has 0 aliphatic carbocycles. The number of rotatable bonds is 6. The van der Waals surface area contributed by atoms with Gasteiger partial charge in [0.1, 0.15) is 12.4 Å². The summed E-state index contributed by atoms with van der Waals surface area (Å²) in [6, 6.07) is 8.80. The average Bonchev–Trinajstić information content (AvgIpc) is 2.88. The molecular formula is C15H23NO2. The van der Waals surface area contributed by atoms with Crippen molar-refractivity contribution in [3.05, 3.63) is 29.8 Å². The molecule has 1 atom stereocenters. The van der Waals surface area contributed by atoms with Crippen molar-refractivity contribution in [2.75, 3.05) is 13.2 Å². The largest absolute Gasteiger partial charge is 0.491 e. The maximum absolute atomic E-state index is 5.73. The molecule has 0 aromatic heterocycles. The fourth-order valence-electron chi connectivity index (χ4n) is 1.99. The van der Waals surface area contributed by atoms with E-state index in [1.54, 1.807) is 0 Å². The fourth-order valence-corrected chi connectivity index (χ4v) is 1.99. The third kappa shape index (κ3) is 4.31. The molecule has 1 fully saturated rings. The van der Waals surface area contributed by atoms with Crippen LogP contribution < -0.4 is 10.1 Å². The zero-order chi connectivity index (χ0) is 12.8. The van der Waals surface area contributed by atoms with Crippen LogP contribution in [0, 0.1) is 0 Å². The topological polar surface area (TPSA) is 30.5 Å². The number of nitrogens with one attached hydrogen (secondary N) is 1. The predicted octanol–water partition coefficient (Wildman–Crippen LogP) is 2.74. The molecule has 0 radical (unpaired) electrons. The van der Waals surface area contributed by atoms with Gasteiger partial charge < -0.3 is 14.8 Å². The van der Waals surface area contributed by atoms with Crippen LogP contribution in [0.2, 0.25) is 0 Å². The molecule has 3 heteroatoms.